The lowest BCUT2D eigenvalue weighted by Gasteiger charge is -1.89. The van der Waals surface area contributed by atoms with Crippen LogP contribution >= 0.6 is 12.6 Å². The fourth-order valence-corrected chi connectivity index (χ4v) is 0.160. The van der Waals surface area contributed by atoms with Crippen molar-refractivity contribution >= 4 is 18.9 Å². The lowest BCUT2D eigenvalue weighted by molar-refractivity contribution is 0.550. The van der Waals surface area contributed by atoms with Gasteiger partial charge in [-0.25, -0.2) is 0 Å². The van der Waals surface area contributed by atoms with Crippen LogP contribution in [-0.2, 0) is 4.79 Å². The molecule has 1 radical (unpaired) electrons. The third-order valence-corrected chi connectivity index (χ3v) is 0.475. The molecular weight excluding hydrogens is 98.1 g/mol. The van der Waals surface area contributed by atoms with E-state index in [0.29, 0.717) is 0 Å². The Bertz CT molecular complexity index is 46.1. The summed E-state index contributed by atoms with van der Waals surface area (Å²) in [6, 6.07) is 0. The van der Waals surface area contributed by atoms with E-state index in [-0.39, 0.29) is 11.8 Å². The monoisotopic (exact) mass is 104 g/mol. The minimum absolute atomic E-state index is 0.211. The molecule has 0 aliphatic heterocycles. The van der Waals surface area contributed by atoms with Gasteiger partial charge in [-0.3, -0.25) is 4.79 Å². The van der Waals surface area contributed by atoms with Gasteiger partial charge in [-0.2, -0.15) is 12.6 Å². The third kappa shape index (κ3) is 3.98. The molecule has 0 amide bonds. The van der Waals surface area contributed by atoms with E-state index in [4.69, 9.17) is 5.73 Å². The molecule has 0 aromatic carbocycles. The molecule has 0 saturated heterocycles. The lowest BCUT2D eigenvalue weighted by atomic mass is 10.5. The summed E-state index contributed by atoms with van der Waals surface area (Å²) in [4.78, 5) is 9.36. The van der Waals surface area contributed by atoms with Gasteiger partial charge >= 0.3 is 0 Å². The standard InChI is InChI=1S/C3H6NOS/c4-3(6)1-2-5/h3,6H,1,4H2/t3-/m1/s1. The van der Waals surface area contributed by atoms with Crippen LogP contribution in [0.2, 0.25) is 0 Å². The maximum Gasteiger partial charge on any atom is 0.200 e. The van der Waals surface area contributed by atoms with Crippen molar-refractivity contribution in [3.8, 4) is 0 Å². The highest BCUT2D eigenvalue weighted by Gasteiger charge is 1.88. The molecule has 0 aliphatic rings. The highest BCUT2D eigenvalue weighted by Crippen LogP contribution is 1.84. The van der Waals surface area contributed by atoms with Crippen molar-refractivity contribution in [2.24, 2.45) is 5.73 Å². The van der Waals surface area contributed by atoms with E-state index >= 15 is 0 Å². The van der Waals surface area contributed by atoms with Crippen molar-refractivity contribution in [3.63, 3.8) is 0 Å². The highest BCUT2D eigenvalue weighted by atomic mass is 32.1. The van der Waals surface area contributed by atoms with Crippen molar-refractivity contribution in [2.75, 3.05) is 0 Å². The summed E-state index contributed by atoms with van der Waals surface area (Å²) >= 11 is 3.69. The fraction of sp³-hybridized carbons (Fsp3) is 0.667. The molecule has 2 N–H and O–H groups in total. The molecule has 0 bridgehead atoms. The molecule has 0 aromatic rings. The van der Waals surface area contributed by atoms with Crippen LogP contribution in [0.1, 0.15) is 6.42 Å². The summed E-state index contributed by atoms with van der Waals surface area (Å²) in [6.45, 7) is 0. The zero-order chi connectivity index (χ0) is 4.99. The highest BCUT2D eigenvalue weighted by molar-refractivity contribution is 7.80. The molecule has 0 spiro atoms. The Morgan fingerprint density at radius 1 is 2.00 bits per heavy atom. The van der Waals surface area contributed by atoms with Crippen LogP contribution in [0.25, 0.3) is 0 Å². The van der Waals surface area contributed by atoms with Crippen LogP contribution < -0.4 is 5.73 Å². The maximum atomic E-state index is 9.36. The maximum absolute atomic E-state index is 9.36. The first kappa shape index (κ1) is 5.98. The molecular formula is C3H6NOS. The number of hydrogen-bond donors (Lipinski definition) is 2. The zero-order valence-electron chi connectivity index (χ0n) is 3.22. The average Bonchev–Trinajstić information content (AvgIpc) is 1.35. The van der Waals surface area contributed by atoms with Crippen LogP contribution in [0.4, 0.5) is 0 Å². The first-order chi connectivity index (χ1) is 2.77. The van der Waals surface area contributed by atoms with Gasteiger partial charge in [0.05, 0.1) is 5.37 Å². The van der Waals surface area contributed by atoms with Crippen molar-refractivity contribution in [1.29, 1.82) is 0 Å². The molecule has 0 aromatic heterocycles. The van der Waals surface area contributed by atoms with Crippen molar-refractivity contribution < 1.29 is 4.79 Å². The quantitative estimate of drug-likeness (QED) is 0.373. The van der Waals surface area contributed by atoms with Gasteiger partial charge in [0.1, 0.15) is 0 Å². The predicted octanol–water partition coefficient (Wildman–Crippen LogP) is -0.299. The number of nitrogens with two attached hydrogens (primary N) is 1. The Labute approximate surface area is 42.1 Å². The van der Waals surface area contributed by atoms with Gasteiger partial charge in [0, 0.05) is 6.42 Å². The van der Waals surface area contributed by atoms with Crippen molar-refractivity contribution in [2.45, 2.75) is 11.8 Å². The summed E-state index contributed by atoms with van der Waals surface area (Å²) in [6.07, 6.45) is 1.83. The van der Waals surface area contributed by atoms with Crippen molar-refractivity contribution in [1.82, 2.24) is 0 Å². The molecule has 35 valence electrons. The van der Waals surface area contributed by atoms with Gasteiger partial charge < -0.3 is 5.73 Å². The number of rotatable bonds is 2. The van der Waals surface area contributed by atoms with Gasteiger partial charge in [0.2, 0.25) is 6.29 Å². The Kier molecular flexibility index (Phi) is 3.17. The molecule has 0 unspecified atom stereocenters. The second kappa shape index (κ2) is 3.18. The summed E-state index contributed by atoms with van der Waals surface area (Å²) in [5.74, 6) is 0. The topological polar surface area (TPSA) is 43.1 Å². The predicted molar refractivity (Wildman–Crippen MR) is 27.3 cm³/mol. The van der Waals surface area contributed by atoms with Crippen LogP contribution in [0.15, 0.2) is 0 Å². The van der Waals surface area contributed by atoms with Gasteiger partial charge in [0.15, 0.2) is 0 Å². The second-order valence-corrected chi connectivity index (χ2v) is 1.58. The molecule has 2 nitrogen and oxygen atoms in total. The van der Waals surface area contributed by atoms with E-state index in [2.05, 4.69) is 12.6 Å². The normalized spacial score (nSPS) is 13.7. The second-order valence-electron chi connectivity index (χ2n) is 0.916. The first-order valence-electron chi connectivity index (χ1n) is 1.56. The molecule has 0 rings (SSSR count). The Balaban J connectivity index is 2.81. The SMILES string of the molecule is N[C@H](S)C[C]=O. The summed E-state index contributed by atoms with van der Waals surface area (Å²) < 4.78 is 0. The van der Waals surface area contributed by atoms with E-state index in [9.17, 15) is 4.79 Å². The van der Waals surface area contributed by atoms with Gasteiger partial charge in [-0.1, -0.05) is 0 Å². The van der Waals surface area contributed by atoms with E-state index in [0.717, 1.165) is 0 Å². The van der Waals surface area contributed by atoms with Crippen LogP contribution in [0.3, 0.4) is 0 Å². The van der Waals surface area contributed by atoms with Crippen molar-refractivity contribution in [3.05, 3.63) is 0 Å². The van der Waals surface area contributed by atoms with Gasteiger partial charge in [-0.05, 0) is 0 Å². The summed E-state index contributed by atoms with van der Waals surface area (Å²) in [7, 11) is 0. The van der Waals surface area contributed by atoms with Crippen LogP contribution in [0.5, 0.6) is 0 Å². The lowest BCUT2D eigenvalue weighted by Crippen LogP contribution is -2.11. The largest absolute Gasteiger partial charge is 0.319 e. The van der Waals surface area contributed by atoms with Gasteiger partial charge in [-0.15, -0.1) is 0 Å². The number of hydrogen-bond acceptors (Lipinski definition) is 3. The first-order valence-corrected chi connectivity index (χ1v) is 2.07. The molecule has 3 heteroatoms. The van der Waals surface area contributed by atoms with E-state index in [1.807, 2.05) is 0 Å². The molecule has 0 saturated carbocycles. The Hall–Kier alpha value is -0.0200. The summed E-state index contributed by atoms with van der Waals surface area (Å²) in [5.41, 5.74) is 5.00. The van der Waals surface area contributed by atoms with Gasteiger partial charge in [0.25, 0.3) is 0 Å². The van der Waals surface area contributed by atoms with E-state index in [1.165, 1.54) is 0 Å². The molecule has 0 aliphatic carbocycles. The van der Waals surface area contributed by atoms with E-state index in [1.54, 1.807) is 6.29 Å². The number of carbonyl (C=O) groups excluding carboxylic acids is 1. The minimum Gasteiger partial charge on any atom is -0.319 e. The Morgan fingerprint density at radius 3 is 2.50 bits per heavy atom. The minimum atomic E-state index is -0.331. The summed E-state index contributed by atoms with van der Waals surface area (Å²) in [5, 5.41) is -0.331. The van der Waals surface area contributed by atoms with Crippen LogP contribution in [0, 0.1) is 0 Å². The molecule has 0 heterocycles. The average molecular weight is 104 g/mol. The molecule has 6 heavy (non-hydrogen) atoms. The molecule has 0 fully saturated rings. The fourth-order valence-electron chi connectivity index (χ4n) is 0.0854. The third-order valence-electron chi connectivity index (χ3n) is 0.292. The number of thiol groups is 1. The van der Waals surface area contributed by atoms with E-state index < -0.39 is 0 Å². The Morgan fingerprint density at radius 2 is 2.50 bits per heavy atom. The van der Waals surface area contributed by atoms with Crippen LogP contribution in [-0.4, -0.2) is 11.7 Å². The molecule has 1 atom stereocenters. The smallest absolute Gasteiger partial charge is 0.200 e. The zero-order valence-corrected chi connectivity index (χ0v) is 4.11.